The number of carbonyl (C=O) groups excluding carboxylic acids is 1. The maximum absolute atomic E-state index is 13.7. The molecular weight excluding hydrogens is 332 g/mol. The molecule has 1 aromatic heterocycles. The van der Waals surface area contributed by atoms with Crippen LogP contribution in [0.1, 0.15) is 11.3 Å². The molecule has 0 saturated carbocycles. The molecule has 8 heteroatoms. The number of carbonyl (C=O) groups is 1. The zero-order chi connectivity index (χ0) is 15.9. The van der Waals surface area contributed by atoms with Crippen molar-refractivity contribution in [3.8, 4) is 11.3 Å². The van der Waals surface area contributed by atoms with Crippen molar-refractivity contribution in [3.63, 3.8) is 0 Å². The molecule has 3 rings (SSSR count). The zero-order valence-electron chi connectivity index (χ0n) is 11.6. The summed E-state index contributed by atoms with van der Waals surface area (Å²) in [4.78, 5) is 13.2. The minimum atomic E-state index is -0.571. The number of aromatic amines is 1. The first-order valence-corrected chi connectivity index (χ1v) is 7.30. The quantitative estimate of drug-likeness (QED) is 0.804. The molecule has 0 aliphatic carbocycles. The smallest absolute Gasteiger partial charge is 0.409 e. The molecule has 0 atom stereocenters. The SMILES string of the molecule is COC(=O)N1CCc2[nH]nc(-c3cc(F)c(Cl)cc3Cl)c2C1. The summed E-state index contributed by atoms with van der Waals surface area (Å²) in [5.74, 6) is -0.571. The zero-order valence-corrected chi connectivity index (χ0v) is 13.1. The van der Waals surface area contributed by atoms with E-state index in [1.807, 2.05) is 0 Å². The second-order valence-electron chi connectivity index (χ2n) is 4.92. The minimum Gasteiger partial charge on any atom is -0.453 e. The third-order valence-electron chi connectivity index (χ3n) is 3.63. The first kappa shape index (κ1) is 15.1. The highest BCUT2D eigenvalue weighted by molar-refractivity contribution is 6.36. The summed E-state index contributed by atoms with van der Waals surface area (Å²) < 4.78 is 18.5. The van der Waals surface area contributed by atoms with Gasteiger partial charge in [-0.05, 0) is 12.1 Å². The Morgan fingerprint density at radius 2 is 2.18 bits per heavy atom. The molecule has 1 aromatic carbocycles. The average Bonchev–Trinajstić information content (AvgIpc) is 2.93. The molecule has 22 heavy (non-hydrogen) atoms. The van der Waals surface area contributed by atoms with E-state index in [1.165, 1.54) is 19.2 Å². The molecule has 0 radical (unpaired) electrons. The minimum absolute atomic E-state index is 0.0469. The Kier molecular flexibility index (Phi) is 3.97. The van der Waals surface area contributed by atoms with Crippen molar-refractivity contribution in [2.24, 2.45) is 0 Å². The van der Waals surface area contributed by atoms with E-state index in [-0.39, 0.29) is 5.02 Å². The van der Waals surface area contributed by atoms with Crippen molar-refractivity contribution < 1.29 is 13.9 Å². The fourth-order valence-corrected chi connectivity index (χ4v) is 2.98. The number of hydrogen-bond donors (Lipinski definition) is 1. The number of rotatable bonds is 1. The van der Waals surface area contributed by atoms with Crippen LogP contribution in [-0.2, 0) is 17.7 Å². The number of amides is 1. The van der Waals surface area contributed by atoms with Gasteiger partial charge in [0.1, 0.15) is 5.82 Å². The second kappa shape index (κ2) is 5.78. The molecule has 1 amide bonds. The van der Waals surface area contributed by atoms with Crippen LogP contribution in [0.25, 0.3) is 11.3 Å². The number of nitrogens with zero attached hydrogens (tertiary/aromatic N) is 2. The third-order valence-corrected chi connectivity index (χ3v) is 4.23. The maximum Gasteiger partial charge on any atom is 0.409 e. The topological polar surface area (TPSA) is 58.2 Å². The summed E-state index contributed by atoms with van der Waals surface area (Å²) in [5, 5.41) is 7.40. The van der Waals surface area contributed by atoms with Crippen LogP contribution in [0, 0.1) is 5.82 Å². The largest absolute Gasteiger partial charge is 0.453 e. The molecule has 116 valence electrons. The van der Waals surface area contributed by atoms with Crippen LogP contribution < -0.4 is 0 Å². The highest BCUT2D eigenvalue weighted by atomic mass is 35.5. The van der Waals surface area contributed by atoms with E-state index in [0.717, 1.165) is 11.3 Å². The highest BCUT2D eigenvalue weighted by Gasteiger charge is 2.27. The van der Waals surface area contributed by atoms with E-state index in [2.05, 4.69) is 10.2 Å². The molecule has 0 spiro atoms. The van der Waals surface area contributed by atoms with Crippen LogP contribution in [0.15, 0.2) is 12.1 Å². The number of benzene rings is 1. The van der Waals surface area contributed by atoms with Gasteiger partial charge in [-0.3, -0.25) is 5.10 Å². The Labute approximate surface area is 136 Å². The Balaban J connectivity index is 2.03. The van der Waals surface area contributed by atoms with Gasteiger partial charge >= 0.3 is 6.09 Å². The number of halogens is 3. The number of nitrogens with one attached hydrogen (secondary N) is 1. The lowest BCUT2D eigenvalue weighted by molar-refractivity contribution is 0.118. The van der Waals surface area contributed by atoms with E-state index in [0.29, 0.717) is 35.8 Å². The standard InChI is InChI=1S/C14H12Cl2FN3O2/c1-22-14(21)20-3-2-12-8(6-20)13(19-18-12)7-4-11(17)10(16)5-9(7)15/h4-5H,2-3,6H2,1H3,(H,18,19). The molecular formula is C14H12Cl2FN3O2. The monoisotopic (exact) mass is 343 g/mol. The van der Waals surface area contributed by atoms with Gasteiger partial charge in [-0.25, -0.2) is 9.18 Å². The van der Waals surface area contributed by atoms with E-state index in [9.17, 15) is 9.18 Å². The maximum atomic E-state index is 13.7. The molecule has 5 nitrogen and oxygen atoms in total. The molecule has 0 saturated heterocycles. The molecule has 1 aliphatic rings. The van der Waals surface area contributed by atoms with E-state index in [1.54, 1.807) is 4.90 Å². The van der Waals surface area contributed by atoms with Crippen molar-refractivity contribution in [1.82, 2.24) is 15.1 Å². The number of hydrogen-bond acceptors (Lipinski definition) is 3. The van der Waals surface area contributed by atoms with Gasteiger partial charge in [0.25, 0.3) is 0 Å². The number of ether oxygens (including phenoxy) is 1. The molecule has 0 bridgehead atoms. The predicted molar refractivity (Wildman–Crippen MR) is 80.5 cm³/mol. The molecule has 1 N–H and O–H groups in total. The number of H-pyrrole nitrogens is 1. The lowest BCUT2D eigenvalue weighted by Gasteiger charge is -2.25. The Morgan fingerprint density at radius 3 is 2.91 bits per heavy atom. The van der Waals surface area contributed by atoms with Crippen LogP contribution in [-0.4, -0.2) is 34.8 Å². The first-order valence-electron chi connectivity index (χ1n) is 6.55. The molecule has 2 aromatic rings. The van der Waals surface area contributed by atoms with Gasteiger partial charge in [-0.15, -0.1) is 0 Å². The van der Waals surface area contributed by atoms with Gasteiger partial charge in [-0.1, -0.05) is 23.2 Å². The summed E-state index contributed by atoms with van der Waals surface area (Å²) in [7, 11) is 1.33. The van der Waals surface area contributed by atoms with Crippen molar-refractivity contribution in [2.45, 2.75) is 13.0 Å². The van der Waals surface area contributed by atoms with Crippen LogP contribution >= 0.6 is 23.2 Å². The molecule has 0 unspecified atom stereocenters. The van der Waals surface area contributed by atoms with Crippen molar-refractivity contribution in [3.05, 3.63) is 39.3 Å². The Hall–Kier alpha value is -1.79. The van der Waals surface area contributed by atoms with Crippen LogP contribution in [0.4, 0.5) is 9.18 Å². The average molecular weight is 344 g/mol. The van der Waals surface area contributed by atoms with Gasteiger partial charge < -0.3 is 9.64 Å². The summed E-state index contributed by atoms with van der Waals surface area (Å²) in [6, 6.07) is 2.59. The highest BCUT2D eigenvalue weighted by Crippen LogP contribution is 2.35. The fourth-order valence-electron chi connectivity index (χ4n) is 2.51. The normalized spacial score (nSPS) is 13.9. The van der Waals surface area contributed by atoms with Gasteiger partial charge in [0.05, 0.1) is 29.4 Å². The van der Waals surface area contributed by atoms with E-state index < -0.39 is 11.9 Å². The fraction of sp³-hybridized carbons (Fsp3) is 0.286. The third kappa shape index (κ3) is 2.53. The predicted octanol–water partition coefficient (Wildman–Crippen LogP) is 3.65. The molecule has 0 fully saturated rings. The molecule has 2 heterocycles. The van der Waals surface area contributed by atoms with Crippen molar-refractivity contribution in [1.29, 1.82) is 0 Å². The second-order valence-corrected chi connectivity index (χ2v) is 5.73. The first-order chi connectivity index (χ1) is 10.5. The lowest BCUT2D eigenvalue weighted by atomic mass is 10.0. The van der Waals surface area contributed by atoms with Crippen molar-refractivity contribution >= 4 is 29.3 Å². The van der Waals surface area contributed by atoms with Crippen LogP contribution in [0.3, 0.4) is 0 Å². The summed E-state index contributed by atoms with van der Waals surface area (Å²) >= 11 is 11.9. The van der Waals surface area contributed by atoms with Crippen LogP contribution in [0.2, 0.25) is 10.0 Å². The van der Waals surface area contributed by atoms with Crippen LogP contribution in [0.5, 0.6) is 0 Å². The molecule has 1 aliphatic heterocycles. The van der Waals surface area contributed by atoms with Gasteiger partial charge in [0.15, 0.2) is 0 Å². The van der Waals surface area contributed by atoms with Gasteiger partial charge in [0, 0.05) is 29.8 Å². The number of fused-ring (bicyclic) bond motifs is 1. The van der Waals surface area contributed by atoms with E-state index in [4.69, 9.17) is 27.9 Å². The van der Waals surface area contributed by atoms with E-state index >= 15 is 0 Å². The summed E-state index contributed by atoms with van der Waals surface area (Å²) in [6.07, 6.45) is 0.205. The Bertz CT molecular complexity index is 748. The number of aromatic nitrogens is 2. The summed E-state index contributed by atoms with van der Waals surface area (Å²) in [6.45, 7) is 0.860. The lowest BCUT2D eigenvalue weighted by Crippen LogP contribution is -2.35. The van der Waals surface area contributed by atoms with Gasteiger partial charge in [-0.2, -0.15) is 5.10 Å². The summed E-state index contributed by atoms with van der Waals surface area (Å²) in [5.41, 5.74) is 2.67. The van der Waals surface area contributed by atoms with Gasteiger partial charge in [0.2, 0.25) is 0 Å². The number of methoxy groups -OCH3 is 1. The Morgan fingerprint density at radius 1 is 1.41 bits per heavy atom. The van der Waals surface area contributed by atoms with Crippen molar-refractivity contribution in [2.75, 3.05) is 13.7 Å².